The minimum Gasteiger partial charge on any atom is -0.506 e. The van der Waals surface area contributed by atoms with Crippen molar-refractivity contribution in [2.45, 2.75) is 44.6 Å². The molecule has 4 N–H and O–H groups in total. The molecule has 8 heteroatoms. The molecule has 0 bridgehead atoms. The minimum absolute atomic E-state index is 0.000834. The number of hydrogen-bond donors (Lipinski definition) is 4. The molecule has 1 atom stereocenters. The van der Waals surface area contributed by atoms with Crippen LogP contribution in [0, 0.1) is 0 Å². The van der Waals surface area contributed by atoms with E-state index in [9.17, 15) is 9.90 Å². The molecule has 1 aliphatic heterocycles. The summed E-state index contributed by atoms with van der Waals surface area (Å²) >= 11 is 6.01. The molecule has 4 rings (SSSR count). The van der Waals surface area contributed by atoms with Gasteiger partial charge in [-0.05, 0) is 43.7 Å². The second-order valence-corrected chi connectivity index (χ2v) is 9.22. The number of halogens is 1. The summed E-state index contributed by atoms with van der Waals surface area (Å²) in [5.74, 6) is 0.771. The third-order valence-electron chi connectivity index (χ3n) is 5.86. The van der Waals surface area contributed by atoms with Gasteiger partial charge in [0.05, 0.1) is 22.5 Å². The Bertz CT molecular complexity index is 1090. The minimum atomic E-state index is -0.446. The molecule has 1 saturated heterocycles. The number of phenolic OH excluding ortho intramolecular Hbond substituents is 1. The first kappa shape index (κ1) is 22.3. The van der Waals surface area contributed by atoms with Crippen LogP contribution in [0.5, 0.6) is 5.75 Å². The first-order chi connectivity index (χ1) is 15.3. The number of hydrogen-bond acceptors (Lipinski definition) is 5. The lowest BCUT2D eigenvalue weighted by molar-refractivity contribution is -0.123. The van der Waals surface area contributed by atoms with Crippen LogP contribution in [0.2, 0.25) is 5.02 Å². The molecule has 0 aliphatic carbocycles. The summed E-state index contributed by atoms with van der Waals surface area (Å²) in [6, 6.07) is 8.77. The molecule has 0 saturated carbocycles. The Hall–Kier alpha value is -2.90. The van der Waals surface area contributed by atoms with Gasteiger partial charge < -0.3 is 20.7 Å². The van der Waals surface area contributed by atoms with Gasteiger partial charge in [0.2, 0.25) is 5.91 Å². The number of amides is 1. The lowest BCUT2D eigenvalue weighted by Gasteiger charge is -2.26. The van der Waals surface area contributed by atoms with Gasteiger partial charge in [0.25, 0.3) is 0 Å². The topological polar surface area (TPSA) is 103 Å². The van der Waals surface area contributed by atoms with E-state index in [-0.39, 0.29) is 22.7 Å². The highest BCUT2D eigenvalue weighted by Crippen LogP contribution is 2.36. The first-order valence-electron chi connectivity index (χ1n) is 10.9. The Kier molecular flexibility index (Phi) is 6.48. The molecule has 0 unspecified atom stereocenters. The highest BCUT2D eigenvalue weighted by molar-refractivity contribution is 6.32. The molecule has 0 radical (unpaired) electrons. The number of carbonyl (C=O) groups excluding carboxylic acids is 1. The van der Waals surface area contributed by atoms with E-state index in [1.165, 1.54) is 0 Å². The molecule has 2 aromatic heterocycles. The van der Waals surface area contributed by atoms with E-state index in [1.807, 2.05) is 32.0 Å². The van der Waals surface area contributed by atoms with Crippen molar-refractivity contribution < 1.29 is 9.90 Å². The number of aromatic nitrogens is 3. The molecule has 3 heterocycles. The summed E-state index contributed by atoms with van der Waals surface area (Å²) < 4.78 is 0. The largest absolute Gasteiger partial charge is 0.506 e. The maximum Gasteiger partial charge on any atom is 0.237 e. The number of pyridine rings is 1. The SMILES string of the molecule is CC(C)(CNC(=O)[C@@H]1CCCCN1)c1nc(-c2ccc(Cl)c(O)c2)c(-c2ccncc2)[nH]1. The van der Waals surface area contributed by atoms with Crippen molar-refractivity contribution in [2.75, 3.05) is 13.1 Å². The molecule has 7 nitrogen and oxygen atoms in total. The number of phenols is 1. The zero-order valence-electron chi connectivity index (χ0n) is 18.3. The fourth-order valence-corrected chi connectivity index (χ4v) is 4.00. The molecule has 3 aromatic rings. The second-order valence-electron chi connectivity index (χ2n) is 8.82. The van der Waals surface area contributed by atoms with Crippen LogP contribution in [0.4, 0.5) is 0 Å². The summed E-state index contributed by atoms with van der Waals surface area (Å²) in [4.78, 5) is 25.1. The number of nitrogens with one attached hydrogen (secondary N) is 3. The van der Waals surface area contributed by atoms with E-state index in [2.05, 4.69) is 20.6 Å². The van der Waals surface area contributed by atoms with Crippen LogP contribution in [0.25, 0.3) is 22.5 Å². The van der Waals surface area contributed by atoms with E-state index in [0.717, 1.165) is 48.5 Å². The number of nitrogens with zero attached hydrogens (tertiary/aromatic N) is 2. The third-order valence-corrected chi connectivity index (χ3v) is 6.18. The maximum atomic E-state index is 12.6. The van der Waals surface area contributed by atoms with Crippen molar-refractivity contribution in [1.82, 2.24) is 25.6 Å². The van der Waals surface area contributed by atoms with Crippen molar-refractivity contribution in [3.63, 3.8) is 0 Å². The molecule has 1 amide bonds. The summed E-state index contributed by atoms with van der Waals surface area (Å²) in [5.41, 5.74) is 2.74. The maximum absolute atomic E-state index is 12.6. The average molecular weight is 454 g/mol. The van der Waals surface area contributed by atoms with Crippen LogP contribution < -0.4 is 10.6 Å². The van der Waals surface area contributed by atoms with Crippen LogP contribution in [-0.2, 0) is 10.2 Å². The number of carbonyl (C=O) groups is 1. The molecular weight excluding hydrogens is 426 g/mol. The fourth-order valence-electron chi connectivity index (χ4n) is 3.88. The number of aromatic hydroxyl groups is 1. The van der Waals surface area contributed by atoms with Gasteiger partial charge in [0.1, 0.15) is 11.6 Å². The van der Waals surface area contributed by atoms with Gasteiger partial charge in [-0.3, -0.25) is 9.78 Å². The van der Waals surface area contributed by atoms with E-state index in [1.54, 1.807) is 24.5 Å². The van der Waals surface area contributed by atoms with E-state index >= 15 is 0 Å². The highest BCUT2D eigenvalue weighted by atomic mass is 35.5. The molecule has 32 heavy (non-hydrogen) atoms. The molecule has 168 valence electrons. The predicted molar refractivity (Wildman–Crippen MR) is 126 cm³/mol. The lowest BCUT2D eigenvalue weighted by atomic mass is 9.92. The Morgan fingerprint density at radius 2 is 2.00 bits per heavy atom. The standard InChI is InChI=1S/C24H28ClN5O2/c1-24(2,14-28-22(32)18-5-3-4-10-27-18)23-29-20(15-8-11-26-12-9-15)21(30-23)16-6-7-17(25)19(31)13-16/h6-9,11-13,18,27,31H,3-5,10,14H2,1-2H3,(H,28,32)(H,29,30)/t18-/m0/s1. The number of piperidine rings is 1. The van der Waals surface area contributed by atoms with E-state index in [0.29, 0.717) is 12.2 Å². The monoisotopic (exact) mass is 453 g/mol. The predicted octanol–water partition coefficient (Wildman–Crippen LogP) is 4.03. The first-order valence-corrected chi connectivity index (χ1v) is 11.2. The summed E-state index contributed by atoms with van der Waals surface area (Å²) in [6.45, 7) is 5.41. The molecule has 1 fully saturated rings. The zero-order chi connectivity index (χ0) is 22.7. The van der Waals surface area contributed by atoms with Gasteiger partial charge in [-0.15, -0.1) is 0 Å². The molecule has 1 aliphatic rings. The van der Waals surface area contributed by atoms with Crippen LogP contribution >= 0.6 is 11.6 Å². The average Bonchev–Trinajstić information content (AvgIpc) is 3.27. The van der Waals surface area contributed by atoms with Gasteiger partial charge in [-0.2, -0.15) is 0 Å². The van der Waals surface area contributed by atoms with Gasteiger partial charge in [-0.1, -0.05) is 37.9 Å². The zero-order valence-corrected chi connectivity index (χ0v) is 19.0. The Labute approximate surface area is 192 Å². The van der Waals surface area contributed by atoms with Crippen molar-refractivity contribution in [3.05, 3.63) is 53.6 Å². The van der Waals surface area contributed by atoms with Gasteiger partial charge >= 0.3 is 0 Å². The Morgan fingerprint density at radius 1 is 1.22 bits per heavy atom. The van der Waals surface area contributed by atoms with Gasteiger partial charge in [0.15, 0.2) is 0 Å². The smallest absolute Gasteiger partial charge is 0.237 e. The lowest BCUT2D eigenvalue weighted by Crippen LogP contribution is -2.49. The van der Waals surface area contributed by atoms with E-state index < -0.39 is 5.41 Å². The third kappa shape index (κ3) is 4.79. The highest BCUT2D eigenvalue weighted by Gasteiger charge is 2.29. The number of benzene rings is 1. The number of imidazole rings is 1. The quantitative estimate of drug-likeness (QED) is 0.451. The summed E-state index contributed by atoms with van der Waals surface area (Å²) in [6.07, 6.45) is 6.49. The normalized spacial score (nSPS) is 16.7. The van der Waals surface area contributed by atoms with Crippen LogP contribution in [-0.4, -0.2) is 45.1 Å². The molecular formula is C24H28ClN5O2. The van der Waals surface area contributed by atoms with Crippen molar-refractivity contribution in [2.24, 2.45) is 0 Å². The summed E-state index contributed by atoms with van der Waals surface area (Å²) in [7, 11) is 0. The molecule has 0 spiro atoms. The van der Waals surface area contributed by atoms with E-state index in [4.69, 9.17) is 16.6 Å². The fraction of sp³-hybridized carbons (Fsp3) is 0.375. The molecule has 1 aromatic carbocycles. The number of aromatic amines is 1. The van der Waals surface area contributed by atoms with Gasteiger partial charge in [0, 0.05) is 35.5 Å². The number of rotatable bonds is 6. The summed E-state index contributed by atoms with van der Waals surface area (Å²) in [5, 5.41) is 16.8. The Morgan fingerprint density at radius 3 is 2.69 bits per heavy atom. The van der Waals surface area contributed by atoms with Crippen molar-refractivity contribution in [3.8, 4) is 28.3 Å². The second kappa shape index (κ2) is 9.30. The van der Waals surface area contributed by atoms with Crippen LogP contribution in [0.15, 0.2) is 42.7 Å². The van der Waals surface area contributed by atoms with Gasteiger partial charge in [-0.25, -0.2) is 4.98 Å². The number of H-pyrrole nitrogens is 1. The van der Waals surface area contributed by atoms with Crippen molar-refractivity contribution >= 4 is 17.5 Å². The Balaban J connectivity index is 1.64. The van der Waals surface area contributed by atoms with Crippen LogP contribution in [0.3, 0.4) is 0 Å². The van der Waals surface area contributed by atoms with Crippen molar-refractivity contribution in [1.29, 1.82) is 0 Å². The van der Waals surface area contributed by atoms with Crippen LogP contribution in [0.1, 0.15) is 38.9 Å².